The lowest BCUT2D eigenvalue weighted by molar-refractivity contribution is -0.133. The fourth-order valence-electron chi connectivity index (χ4n) is 4.55. The van der Waals surface area contributed by atoms with Gasteiger partial charge in [-0.15, -0.1) is 11.3 Å². The van der Waals surface area contributed by atoms with Crippen molar-refractivity contribution in [3.63, 3.8) is 0 Å². The van der Waals surface area contributed by atoms with Crippen molar-refractivity contribution in [2.45, 2.75) is 32.2 Å². The molecule has 0 saturated heterocycles. The number of hydrogen-bond donors (Lipinski definition) is 1. The number of aryl methyl sites for hydroxylation is 1. The lowest BCUT2D eigenvalue weighted by Crippen LogP contribution is -2.38. The van der Waals surface area contributed by atoms with E-state index in [1.807, 2.05) is 23.1 Å². The Morgan fingerprint density at radius 1 is 1.17 bits per heavy atom. The Morgan fingerprint density at radius 3 is 2.80 bits per heavy atom. The number of carbonyl (C=O) groups is 1. The molecular formula is C25H23FN2OS. The number of benzene rings is 2. The molecule has 0 saturated carbocycles. The summed E-state index contributed by atoms with van der Waals surface area (Å²) in [6.07, 6.45) is 2.05. The van der Waals surface area contributed by atoms with E-state index in [1.54, 1.807) is 23.5 Å². The summed E-state index contributed by atoms with van der Waals surface area (Å²) >= 11 is 1.79. The molecule has 3 nitrogen and oxygen atoms in total. The van der Waals surface area contributed by atoms with Gasteiger partial charge in [0.05, 0.1) is 6.04 Å². The Bertz CT molecular complexity index is 1210. The predicted molar refractivity (Wildman–Crippen MR) is 120 cm³/mol. The van der Waals surface area contributed by atoms with E-state index in [9.17, 15) is 9.18 Å². The van der Waals surface area contributed by atoms with Crippen molar-refractivity contribution in [2.24, 2.45) is 0 Å². The first-order valence-corrected chi connectivity index (χ1v) is 11.2. The second-order valence-electron chi connectivity index (χ2n) is 7.84. The summed E-state index contributed by atoms with van der Waals surface area (Å²) in [6, 6.07) is 16.9. The van der Waals surface area contributed by atoms with Crippen LogP contribution in [-0.2, 0) is 17.6 Å². The number of fused-ring (bicyclic) bond motifs is 2. The molecule has 0 fully saturated rings. The van der Waals surface area contributed by atoms with Gasteiger partial charge in [-0.2, -0.15) is 0 Å². The number of carbonyl (C=O) groups excluding carboxylic acids is 1. The number of nitrogens with one attached hydrogen (secondary N) is 1. The number of aromatic amines is 1. The van der Waals surface area contributed by atoms with E-state index in [0.29, 0.717) is 12.8 Å². The zero-order valence-corrected chi connectivity index (χ0v) is 17.6. The van der Waals surface area contributed by atoms with Gasteiger partial charge in [-0.3, -0.25) is 4.79 Å². The van der Waals surface area contributed by atoms with Crippen molar-refractivity contribution in [2.75, 3.05) is 6.54 Å². The largest absolute Gasteiger partial charge is 0.354 e. The summed E-state index contributed by atoms with van der Waals surface area (Å²) in [6.45, 7) is 2.91. The highest BCUT2D eigenvalue weighted by Crippen LogP contribution is 2.35. The van der Waals surface area contributed by atoms with Gasteiger partial charge in [0, 0.05) is 34.4 Å². The van der Waals surface area contributed by atoms with Crippen LogP contribution in [0.2, 0.25) is 0 Å². The average molecular weight is 419 g/mol. The third-order valence-electron chi connectivity index (χ3n) is 6.13. The zero-order chi connectivity index (χ0) is 20.7. The second-order valence-corrected chi connectivity index (χ2v) is 8.84. The van der Waals surface area contributed by atoms with Crippen LogP contribution in [0.25, 0.3) is 22.2 Å². The van der Waals surface area contributed by atoms with Crippen molar-refractivity contribution in [3.8, 4) is 11.3 Å². The molecule has 5 heteroatoms. The van der Waals surface area contributed by atoms with Gasteiger partial charge in [0.25, 0.3) is 0 Å². The number of rotatable bonds is 4. The number of thiophene rings is 1. The van der Waals surface area contributed by atoms with Crippen LogP contribution in [0, 0.1) is 5.82 Å². The highest BCUT2D eigenvalue weighted by Gasteiger charge is 2.28. The maximum atomic E-state index is 13.4. The lowest BCUT2D eigenvalue weighted by Gasteiger charge is -2.33. The molecule has 1 N–H and O–H groups in total. The van der Waals surface area contributed by atoms with Crippen molar-refractivity contribution in [1.29, 1.82) is 0 Å². The van der Waals surface area contributed by atoms with Gasteiger partial charge in [-0.25, -0.2) is 4.39 Å². The number of H-pyrrole nitrogens is 1. The standard InChI is InChI=1S/C25H23FN2OS/c1-16-19-13-15-30-23(19)12-14-28(16)24(29)11-10-21-20-4-2-3-5-22(20)27-25(21)17-6-8-18(26)9-7-17/h2-9,13,15-16,27H,10-12,14H2,1H3/t16-/m0/s1. The third kappa shape index (κ3) is 3.33. The number of amides is 1. The summed E-state index contributed by atoms with van der Waals surface area (Å²) in [7, 11) is 0. The minimum atomic E-state index is -0.251. The predicted octanol–water partition coefficient (Wildman–Crippen LogP) is 6.11. The Labute approximate surface area is 179 Å². The van der Waals surface area contributed by atoms with Crippen LogP contribution >= 0.6 is 11.3 Å². The van der Waals surface area contributed by atoms with Crippen LogP contribution in [0.5, 0.6) is 0 Å². The quantitative estimate of drug-likeness (QED) is 0.426. The number of hydrogen-bond acceptors (Lipinski definition) is 2. The normalized spacial score (nSPS) is 16.1. The first kappa shape index (κ1) is 19.1. The van der Waals surface area contributed by atoms with Gasteiger partial charge >= 0.3 is 0 Å². The molecule has 0 bridgehead atoms. The molecule has 0 spiro atoms. The fourth-order valence-corrected chi connectivity index (χ4v) is 5.51. The number of aromatic nitrogens is 1. The molecular weight excluding hydrogens is 395 g/mol. The fraction of sp³-hybridized carbons (Fsp3) is 0.240. The van der Waals surface area contributed by atoms with E-state index in [1.165, 1.54) is 22.6 Å². The molecule has 3 heterocycles. The first-order valence-electron chi connectivity index (χ1n) is 10.3. The molecule has 152 valence electrons. The van der Waals surface area contributed by atoms with Crippen LogP contribution in [0.4, 0.5) is 4.39 Å². The molecule has 2 aromatic carbocycles. The molecule has 1 atom stereocenters. The van der Waals surface area contributed by atoms with Crippen molar-refractivity contribution >= 4 is 28.1 Å². The van der Waals surface area contributed by atoms with Gasteiger partial charge in [0.1, 0.15) is 5.82 Å². The van der Waals surface area contributed by atoms with Crippen LogP contribution in [0.3, 0.4) is 0 Å². The minimum absolute atomic E-state index is 0.132. The minimum Gasteiger partial charge on any atom is -0.354 e. The van der Waals surface area contributed by atoms with Gasteiger partial charge in [0.15, 0.2) is 0 Å². The summed E-state index contributed by atoms with van der Waals surface area (Å²) in [5, 5.41) is 3.24. The maximum Gasteiger partial charge on any atom is 0.223 e. The van der Waals surface area contributed by atoms with Gasteiger partial charge < -0.3 is 9.88 Å². The molecule has 2 aromatic heterocycles. The van der Waals surface area contributed by atoms with Crippen LogP contribution < -0.4 is 0 Å². The monoisotopic (exact) mass is 418 g/mol. The van der Waals surface area contributed by atoms with Crippen molar-refractivity contribution in [3.05, 3.63) is 81.8 Å². The van der Waals surface area contributed by atoms with Crippen LogP contribution in [0.1, 0.15) is 35.4 Å². The molecule has 0 aliphatic carbocycles. The molecule has 4 aromatic rings. The van der Waals surface area contributed by atoms with E-state index < -0.39 is 0 Å². The Balaban J connectivity index is 1.42. The summed E-state index contributed by atoms with van der Waals surface area (Å²) in [4.78, 5) is 20.0. The van der Waals surface area contributed by atoms with Gasteiger partial charge in [-0.05, 0) is 78.2 Å². The zero-order valence-electron chi connectivity index (χ0n) is 16.8. The Hall–Kier alpha value is -2.92. The van der Waals surface area contributed by atoms with E-state index in [2.05, 4.69) is 29.4 Å². The van der Waals surface area contributed by atoms with Gasteiger partial charge in [0.2, 0.25) is 5.91 Å². The second kappa shape index (κ2) is 7.73. The van der Waals surface area contributed by atoms with Crippen molar-refractivity contribution in [1.82, 2.24) is 9.88 Å². The maximum absolute atomic E-state index is 13.4. The molecule has 0 unspecified atom stereocenters. The van der Waals surface area contributed by atoms with Crippen LogP contribution in [0.15, 0.2) is 60.0 Å². The van der Waals surface area contributed by atoms with E-state index in [0.717, 1.165) is 40.7 Å². The Morgan fingerprint density at radius 2 is 1.97 bits per heavy atom. The summed E-state index contributed by atoms with van der Waals surface area (Å²) in [5.74, 6) is -0.0619. The number of halogens is 1. The van der Waals surface area contributed by atoms with E-state index in [4.69, 9.17) is 0 Å². The molecule has 5 rings (SSSR count). The smallest absolute Gasteiger partial charge is 0.223 e. The van der Waals surface area contributed by atoms with Crippen molar-refractivity contribution < 1.29 is 9.18 Å². The molecule has 1 amide bonds. The van der Waals surface area contributed by atoms with Gasteiger partial charge in [-0.1, -0.05) is 18.2 Å². The van der Waals surface area contributed by atoms with E-state index in [-0.39, 0.29) is 17.8 Å². The highest BCUT2D eigenvalue weighted by atomic mass is 32.1. The topological polar surface area (TPSA) is 36.1 Å². The summed E-state index contributed by atoms with van der Waals surface area (Å²) < 4.78 is 13.4. The summed E-state index contributed by atoms with van der Waals surface area (Å²) in [5.41, 5.74) is 5.35. The molecule has 1 aliphatic heterocycles. The first-order chi connectivity index (χ1) is 14.6. The molecule has 1 aliphatic rings. The average Bonchev–Trinajstić information content (AvgIpc) is 3.38. The SMILES string of the molecule is C[C@H]1c2ccsc2CCN1C(=O)CCc1c(-c2ccc(F)cc2)[nH]c2ccccc12. The number of nitrogens with zero attached hydrogens (tertiary/aromatic N) is 1. The third-order valence-corrected chi connectivity index (χ3v) is 7.13. The number of para-hydroxylation sites is 1. The molecule has 0 radical (unpaired) electrons. The Kier molecular flexibility index (Phi) is 4.91. The lowest BCUT2D eigenvalue weighted by atomic mass is 9.98. The molecule has 30 heavy (non-hydrogen) atoms. The highest BCUT2D eigenvalue weighted by molar-refractivity contribution is 7.10. The van der Waals surface area contributed by atoms with E-state index >= 15 is 0 Å². The van der Waals surface area contributed by atoms with Crippen LogP contribution in [-0.4, -0.2) is 22.3 Å².